The van der Waals surface area contributed by atoms with Gasteiger partial charge in [-0.1, -0.05) is 0 Å². The number of carbonyl (C=O) groups is 1. The molecule has 1 aliphatic heterocycles. The Bertz CT molecular complexity index is 503. The van der Waals surface area contributed by atoms with Crippen molar-refractivity contribution in [1.82, 2.24) is 9.88 Å². The predicted molar refractivity (Wildman–Crippen MR) is 80.7 cm³/mol. The third kappa shape index (κ3) is 3.45. The number of hydrogen-bond donors (Lipinski definition) is 2. The number of hydrogen-bond acceptors (Lipinski definition) is 5. The maximum atomic E-state index is 12.3. The molecule has 6 heteroatoms. The molecule has 22 heavy (non-hydrogen) atoms. The van der Waals surface area contributed by atoms with E-state index in [1.165, 1.54) is 0 Å². The van der Waals surface area contributed by atoms with Crippen LogP contribution >= 0.6 is 0 Å². The molecule has 1 aromatic rings. The van der Waals surface area contributed by atoms with Crippen molar-refractivity contribution in [2.75, 3.05) is 13.1 Å². The van der Waals surface area contributed by atoms with E-state index in [0.717, 1.165) is 18.5 Å². The van der Waals surface area contributed by atoms with Gasteiger partial charge in [0.2, 0.25) is 5.91 Å². The summed E-state index contributed by atoms with van der Waals surface area (Å²) < 4.78 is 5.86. The summed E-state index contributed by atoms with van der Waals surface area (Å²) in [6, 6.07) is 3.81. The van der Waals surface area contributed by atoms with E-state index in [-0.39, 0.29) is 24.0 Å². The topological polar surface area (TPSA) is 88.7 Å². The molecule has 2 heterocycles. The molecule has 4 atom stereocenters. The van der Waals surface area contributed by atoms with E-state index in [9.17, 15) is 9.90 Å². The number of aromatic nitrogens is 1. The second-order valence-electron chi connectivity index (χ2n) is 6.25. The van der Waals surface area contributed by atoms with E-state index in [4.69, 9.17) is 10.5 Å². The van der Waals surface area contributed by atoms with Crippen LogP contribution in [-0.2, 0) is 16.1 Å². The summed E-state index contributed by atoms with van der Waals surface area (Å²) in [6.45, 7) is 1.89. The van der Waals surface area contributed by atoms with Crippen molar-refractivity contribution in [3.05, 3.63) is 30.1 Å². The highest BCUT2D eigenvalue weighted by Gasteiger charge is 2.40. The Morgan fingerprint density at radius 3 is 2.91 bits per heavy atom. The van der Waals surface area contributed by atoms with Gasteiger partial charge >= 0.3 is 0 Å². The number of likely N-dealkylation sites (tertiary alicyclic amines) is 1. The summed E-state index contributed by atoms with van der Waals surface area (Å²) in [6.07, 6.45) is 4.97. The maximum absolute atomic E-state index is 12.3. The molecule has 0 aromatic carbocycles. The summed E-state index contributed by atoms with van der Waals surface area (Å²) in [7, 11) is 0. The van der Waals surface area contributed by atoms with Crippen LogP contribution in [0.25, 0.3) is 0 Å². The number of ether oxygens (including phenoxy) is 1. The largest absolute Gasteiger partial charge is 0.393 e. The van der Waals surface area contributed by atoms with Crippen molar-refractivity contribution in [1.29, 1.82) is 0 Å². The summed E-state index contributed by atoms with van der Waals surface area (Å²) in [4.78, 5) is 18.1. The van der Waals surface area contributed by atoms with Crippen LogP contribution < -0.4 is 5.73 Å². The van der Waals surface area contributed by atoms with Gasteiger partial charge in [0, 0.05) is 43.9 Å². The lowest BCUT2D eigenvalue weighted by Crippen LogP contribution is -2.52. The zero-order chi connectivity index (χ0) is 15.5. The highest BCUT2D eigenvalue weighted by atomic mass is 16.5. The third-order valence-corrected chi connectivity index (χ3v) is 4.70. The molecular formula is C16H23N3O3. The number of nitrogens with zero attached hydrogens (tertiary/aromatic N) is 2. The van der Waals surface area contributed by atoms with Gasteiger partial charge < -0.3 is 20.5 Å². The van der Waals surface area contributed by atoms with Crippen LogP contribution in [0.2, 0.25) is 0 Å². The fourth-order valence-electron chi connectivity index (χ4n) is 3.12. The Balaban J connectivity index is 1.43. The second-order valence-corrected chi connectivity index (χ2v) is 6.25. The smallest absolute Gasteiger partial charge is 0.223 e. The van der Waals surface area contributed by atoms with Crippen LogP contribution in [-0.4, -0.2) is 52.2 Å². The fraction of sp³-hybridized carbons (Fsp3) is 0.625. The molecule has 3 rings (SSSR count). The zero-order valence-corrected chi connectivity index (χ0v) is 12.6. The molecule has 0 bridgehead atoms. The van der Waals surface area contributed by atoms with Crippen LogP contribution in [0.1, 0.15) is 24.8 Å². The Labute approximate surface area is 130 Å². The normalized spacial score (nSPS) is 31.1. The summed E-state index contributed by atoms with van der Waals surface area (Å²) in [5.74, 6) is -0.00139. The first-order valence-corrected chi connectivity index (χ1v) is 7.85. The summed E-state index contributed by atoms with van der Waals surface area (Å²) >= 11 is 0. The first-order valence-electron chi connectivity index (χ1n) is 7.85. The van der Waals surface area contributed by atoms with Crippen molar-refractivity contribution in [3.8, 4) is 0 Å². The maximum Gasteiger partial charge on any atom is 0.223 e. The first kappa shape index (κ1) is 15.4. The second kappa shape index (κ2) is 6.73. The molecule has 1 aliphatic carbocycles. The molecule has 6 nitrogen and oxygen atoms in total. The monoisotopic (exact) mass is 305 g/mol. The number of rotatable bonds is 5. The molecule has 2 fully saturated rings. The fourth-order valence-corrected chi connectivity index (χ4v) is 3.12. The molecule has 1 saturated heterocycles. The molecule has 1 unspecified atom stereocenters. The lowest BCUT2D eigenvalue weighted by Gasteiger charge is -2.39. The van der Waals surface area contributed by atoms with E-state index in [1.807, 2.05) is 17.0 Å². The molecule has 1 amide bonds. The van der Waals surface area contributed by atoms with E-state index in [1.54, 1.807) is 12.4 Å². The lowest BCUT2D eigenvalue weighted by atomic mass is 9.75. The number of nitrogens with two attached hydrogens (primary N) is 1. The third-order valence-electron chi connectivity index (χ3n) is 4.70. The van der Waals surface area contributed by atoms with E-state index in [0.29, 0.717) is 26.0 Å². The molecular weight excluding hydrogens is 282 g/mol. The van der Waals surface area contributed by atoms with E-state index >= 15 is 0 Å². The highest BCUT2D eigenvalue weighted by molar-refractivity contribution is 5.77. The van der Waals surface area contributed by atoms with Gasteiger partial charge in [-0.25, -0.2) is 0 Å². The molecule has 0 radical (unpaired) electrons. The van der Waals surface area contributed by atoms with Gasteiger partial charge in [0.1, 0.15) is 0 Å². The van der Waals surface area contributed by atoms with E-state index < -0.39 is 6.10 Å². The van der Waals surface area contributed by atoms with Gasteiger partial charge in [-0.05, 0) is 30.5 Å². The van der Waals surface area contributed by atoms with Gasteiger partial charge in [0.25, 0.3) is 0 Å². The van der Waals surface area contributed by atoms with Crippen LogP contribution in [0.4, 0.5) is 0 Å². The Hall–Kier alpha value is -1.50. The van der Waals surface area contributed by atoms with E-state index in [2.05, 4.69) is 4.98 Å². The van der Waals surface area contributed by atoms with Crippen molar-refractivity contribution in [2.24, 2.45) is 11.7 Å². The van der Waals surface area contributed by atoms with Crippen molar-refractivity contribution < 1.29 is 14.6 Å². The zero-order valence-electron chi connectivity index (χ0n) is 12.6. The quantitative estimate of drug-likeness (QED) is 0.816. The van der Waals surface area contributed by atoms with Crippen LogP contribution in [0, 0.1) is 5.92 Å². The number of aliphatic hydroxyl groups is 1. The molecule has 1 saturated carbocycles. The molecule has 2 aliphatic rings. The molecule has 1 aromatic heterocycles. The minimum absolute atomic E-state index is 0.0414. The number of carbonyl (C=O) groups excluding carboxylic acids is 1. The first-order chi connectivity index (χ1) is 10.6. The number of amides is 1. The van der Waals surface area contributed by atoms with Crippen molar-refractivity contribution in [3.63, 3.8) is 0 Å². The predicted octanol–water partition coefficient (Wildman–Crippen LogP) is 0.297. The van der Waals surface area contributed by atoms with Gasteiger partial charge in [0.15, 0.2) is 0 Å². The minimum Gasteiger partial charge on any atom is -0.393 e. The van der Waals surface area contributed by atoms with Crippen LogP contribution in [0.5, 0.6) is 0 Å². The highest BCUT2D eigenvalue weighted by Crippen LogP contribution is 2.30. The standard InChI is InChI=1S/C16H23N3O3/c17-14-8-15(20)13(14)7-16(21)19-6-3-12(9-19)22-10-11-1-4-18-5-2-11/h1-2,4-5,12-15,20H,3,6-10,17H2/t12?,13-,14+,15-/m0/s1. The van der Waals surface area contributed by atoms with Gasteiger partial charge in [-0.3, -0.25) is 9.78 Å². The van der Waals surface area contributed by atoms with Crippen LogP contribution in [0.3, 0.4) is 0 Å². The van der Waals surface area contributed by atoms with Crippen molar-refractivity contribution in [2.45, 2.75) is 44.1 Å². The summed E-state index contributed by atoms with van der Waals surface area (Å²) in [5, 5.41) is 9.65. The summed E-state index contributed by atoms with van der Waals surface area (Å²) in [5.41, 5.74) is 6.93. The van der Waals surface area contributed by atoms with Crippen molar-refractivity contribution >= 4 is 5.91 Å². The van der Waals surface area contributed by atoms with Gasteiger partial charge in [-0.15, -0.1) is 0 Å². The Kier molecular flexibility index (Phi) is 4.71. The Morgan fingerprint density at radius 2 is 2.23 bits per heavy atom. The van der Waals surface area contributed by atoms with Crippen LogP contribution in [0.15, 0.2) is 24.5 Å². The molecule has 3 N–H and O–H groups in total. The molecule has 120 valence electrons. The molecule has 0 spiro atoms. The minimum atomic E-state index is -0.416. The Morgan fingerprint density at radius 1 is 1.45 bits per heavy atom. The number of pyridine rings is 1. The lowest BCUT2D eigenvalue weighted by molar-refractivity contribution is -0.135. The number of aliphatic hydroxyl groups excluding tert-OH is 1. The van der Waals surface area contributed by atoms with Gasteiger partial charge in [-0.2, -0.15) is 0 Å². The average molecular weight is 305 g/mol. The van der Waals surface area contributed by atoms with Gasteiger partial charge in [0.05, 0.1) is 18.8 Å². The average Bonchev–Trinajstić information content (AvgIpc) is 3.01. The SMILES string of the molecule is N[C@@H]1C[C@H](O)[C@H]1CC(=O)N1CCC(OCc2ccncc2)C1.